The Hall–Kier alpha value is -1.99. The Balaban J connectivity index is 1.67. The number of para-hydroxylation sites is 1. The number of thiazole rings is 1. The monoisotopic (exact) mass is 322 g/mol. The molecule has 1 N–H and O–H groups in total. The molecule has 0 saturated heterocycles. The molecule has 6 nitrogen and oxygen atoms in total. The Kier molecular flexibility index (Phi) is 6.29. The van der Waals surface area contributed by atoms with Gasteiger partial charge in [-0.15, -0.1) is 11.3 Å². The lowest BCUT2D eigenvalue weighted by Crippen LogP contribution is -2.30. The quantitative estimate of drug-likeness (QED) is 0.751. The zero-order valence-electron chi connectivity index (χ0n) is 12.3. The summed E-state index contributed by atoms with van der Waals surface area (Å²) in [7, 11) is 0. The zero-order valence-corrected chi connectivity index (χ0v) is 13.1. The topological polar surface area (TPSA) is 77.5 Å². The smallest absolute Gasteiger partial charge is 0.332 e. The standard InChI is InChI=1S/C15H18N2O4S/c1-2-7-16-13(18)8-21-15(19)10-20-9-14-17-11-5-3-4-6-12(11)22-14/h3-6H,2,7-10H2,1H3,(H,16,18). The van der Waals surface area contributed by atoms with Gasteiger partial charge in [-0.25, -0.2) is 9.78 Å². The number of hydrogen-bond acceptors (Lipinski definition) is 6. The molecule has 118 valence electrons. The maximum absolute atomic E-state index is 11.4. The first-order chi connectivity index (χ1) is 10.7. The third-order valence-electron chi connectivity index (χ3n) is 2.72. The lowest BCUT2D eigenvalue weighted by atomic mass is 10.3. The van der Waals surface area contributed by atoms with E-state index in [-0.39, 0.29) is 25.7 Å². The Morgan fingerprint density at radius 2 is 2.09 bits per heavy atom. The van der Waals surface area contributed by atoms with Crippen molar-refractivity contribution < 1.29 is 19.1 Å². The summed E-state index contributed by atoms with van der Waals surface area (Å²) in [6, 6.07) is 7.79. The molecule has 0 spiro atoms. The van der Waals surface area contributed by atoms with Gasteiger partial charge in [0.05, 0.1) is 16.8 Å². The Labute approximate surface area is 132 Å². The summed E-state index contributed by atoms with van der Waals surface area (Å²) < 4.78 is 11.2. The molecule has 1 amide bonds. The minimum atomic E-state index is -0.562. The van der Waals surface area contributed by atoms with Crippen LogP contribution in [0.3, 0.4) is 0 Å². The van der Waals surface area contributed by atoms with E-state index in [1.807, 2.05) is 31.2 Å². The third-order valence-corrected chi connectivity index (χ3v) is 3.73. The van der Waals surface area contributed by atoms with E-state index >= 15 is 0 Å². The van der Waals surface area contributed by atoms with Crippen molar-refractivity contribution >= 4 is 33.4 Å². The summed E-state index contributed by atoms with van der Waals surface area (Å²) in [6.45, 7) is 2.30. The van der Waals surface area contributed by atoms with Crippen LogP contribution in [-0.4, -0.2) is 36.6 Å². The summed E-state index contributed by atoms with van der Waals surface area (Å²) in [6.07, 6.45) is 0.838. The number of nitrogens with zero attached hydrogens (tertiary/aromatic N) is 1. The molecule has 1 aromatic carbocycles. The number of amides is 1. The Bertz CT molecular complexity index is 608. The number of esters is 1. The number of ether oxygens (including phenoxy) is 2. The van der Waals surface area contributed by atoms with Gasteiger partial charge in [-0.2, -0.15) is 0 Å². The third kappa shape index (κ3) is 5.09. The number of benzene rings is 1. The van der Waals surface area contributed by atoms with Crippen molar-refractivity contribution in [2.75, 3.05) is 19.8 Å². The molecule has 0 aliphatic rings. The van der Waals surface area contributed by atoms with Gasteiger partial charge < -0.3 is 14.8 Å². The Morgan fingerprint density at radius 1 is 1.27 bits per heavy atom. The van der Waals surface area contributed by atoms with Gasteiger partial charge in [0.25, 0.3) is 5.91 Å². The van der Waals surface area contributed by atoms with Crippen molar-refractivity contribution in [1.82, 2.24) is 10.3 Å². The van der Waals surface area contributed by atoms with E-state index in [2.05, 4.69) is 10.3 Å². The highest BCUT2D eigenvalue weighted by Gasteiger charge is 2.08. The fraction of sp³-hybridized carbons (Fsp3) is 0.400. The molecule has 0 aliphatic carbocycles. The van der Waals surface area contributed by atoms with Crippen molar-refractivity contribution in [2.45, 2.75) is 20.0 Å². The van der Waals surface area contributed by atoms with Crippen LogP contribution in [0.4, 0.5) is 0 Å². The molecule has 0 atom stereocenters. The molecule has 0 radical (unpaired) electrons. The number of nitrogens with one attached hydrogen (secondary N) is 1. The van der Waals surface area contributed by atoms with E-state index in [1.54, 1.807) is 0 Å². The first-order valence-corrected chi connectivity index (χ1v) is 7.85. The molecule has 0 saturated carbocycles. The SMILES string of the molecule is CCCNC(=O)COC(=O)COCc1nc2ccccc2s1. The van der Waals surface area contributed by atoms with Crippen molar-refractivity contribution in [2.24, 2.45) is 0 Å². The minimum Gasteiger partial charge on any atom is -0.454 e. The summed E-state index contributed by atoms with van der Waals surface area (Å²) in [4.78, 5) is 27.1. The predicted octanol–water partition coefficient (Wildman–Crippen LogP) is 1.88. The van der Waals surface area contributed by atoms with E-state index in [1.165, 1.54) is 11.3 Å². The van der Waals surface area contributed by atoms with Gasteiger partial charge in [-0.3, -0.25) is 4.79 Å². The van der Waals surface area contributed by atoms with Crippen molar-refractivity contribution in [3.63, 3.8) is 0 Å². The average Bonchev–Trinajstić information content (AvgIpc) is 2.93. The number of aromatic nitrogens is 1. The highest BCUT2D eigenvalue weighted by atomic mass is 32.1. The number of fused-ring (bicyclic) bond motifs is 1. The van der Waals surface area contributed by atoms with E-state index in [0.29, 0.717) is 6.54 Å². The number of rotatable bonds is 8. The lowest BCUT2D eigenvalue weighted by Gasteiger charge is -2.05. The van der Waals surface area contributed by atoms with Crippen LogP contribution in [0.25, 0.3) is 10.2 Å². The minimum absolute atomic E-state index is 0.197. The van der Waals surface area contributed by atoms with Gasteiger partial charge in [-0.1, -0.05) is 19.1 Å². The van der Waals surface area contributed by atoms with E-state index in [9.17, 15) is 9.59 Å². The van der Waals surface area contributed by atoms with E-state index in [0.717, 1.165) is 21.6 Å². The fourth-order valence-electron chi connectivity index (χ4n) is 1.71. The second kappa shape index (κ2) is 8.45. The summed E-state index contributed by atoms with van der Waals surface area (Å²) >= 11 is 1.52. The summed E-state index contributed by atoms with van der Waals surface area (Å²) in [5, 5.41) is 3.42. The molecule has 7 heteroatoms. The number of carbonyl (C=O) groups is 2. The molecular formula is C15H18N2O4S. The largest absolute Gasteiger partial charge is 0.454 e. The first-order valence-electron chi connectivity index (χ1n) is 7.03. The maximum Gasteiger partial charge on any atom is 0.332 e. The van der Waals surface area contributed by atoms with Crippen LogP contribution in [0.2, 0.25) is 0 Å². The van der Waals surface area contributed by atoms with Crippen LogP contribution >= 0.6 is 11.3 Å². The highest BCUT2D eigenvalue weighted by molar-refractivity contribution is 7.18. The molecule has 2 aromatic rings. The van der Waals surface area contributed by atoms with Crippen LogP contribution in [0.15, 0.2) is 24.3 Å². The maximum atomic E-state index is 11.4. The van der Waals surface area contributed by atoms with Gasteiger partial charge >= 0.3 is 5.97 Å². The molecule has 0 fully saturated rings. The highest BCUT2D eigenvalue weighted by Crippen LogP contribution is 2.21. The molecule has 0 bridgehead atoms. The summed E-state index contributed by atoms with van der Waals surface area (Å²) in [5.74, 6) is -0.867. The molecule has 0 aliphatic heterocycles. The summed E-state index contributed by atoms with van der Waals surface area (Å²) in [5.41, 5.74) is 0.918. The van der Waals surface area contributed by atoms with Crippen LogP contribution in [0, 0.1) is 0 Å². The molecule has 2 rings (SSSR count). The van der Waals surface area contributed by atoms with Gasteiger partial charge in [0.15, 0.2) is 6.61 Å². The van der Waals surface area contributed by atoms with Crippen molar-refractivity contribution in [3.05, 3.63) is 29.3 Å². The Morgan fingerprint density at radius 3 is 2.86 bits per heavy atom. The van der Waals surface area contributed by atoms with Crippen LogP contribution in [0.5, 0.6) is 0 Å². The fourth-order valence-corrected chi connectivity index (χ4v) is 2.61. The molecule has 22 heavy (non-hydrogen) atoms. The molecule has 1 heterocycles. The van der Waals surface area contributed by atoms with Gasteiger partial charge in [-0.05, 0) is 18.6 Å². The van der Waals surface area contributed by atoms with Crippen LogP contribution in [-0.2, 0) is 25.7 Å². The van der Waals surface area contributed by atoms with Crippen molar-refractivity contribution in [3.8, 4) is 0 Å². The number of carbonyl (C=O) groups excluding carboxylic acids is 2. The van der Waals surface area contributed by atoms with Crippen LogP contribution < -0.4 is 5.32 Å². The average molecular weight is 322 g/mol. The van der Waals surface area contributed by atoms with E-state index < -0.39 is 5.97 Å². The van der Waals surface area contributed by atoms with E-state index in [4.69, 9.17) is 9.47 Å². The molecular weight excluding hydrogens is 304 g/mol. The molecule has 1 aromatic heterocycles. The molecule has 0 unspecified atom stereocenters. The van der Waals surface area contributed by atoms with Crippen LogP contribution in [0.1, 0.15) is 18.4 Å². The van der Waals surface area contributed by atoms with Crippen molar-refractivity contribution in [1.29, 1.82) is 0 Å². The van der Waals surface area contributed by atoms with Gasteiger partial charge in [0, 0.05) is 6.54 Å². The normalized spacial score (nSPS) is 10.6. The second-order valence-corrected chi connectivity index (χ2v) is 5.69. The number of hydrogen-bond donors (Lipinski definition) is 1. The first kappa shape index (κ1) is 16.4. The van der Waals surface area contributed by atoms with Gasteiger partial charge in [0.2, 0.25) is 0 Å². The predicted molar refractivity (Wildman–Crippen MR) is 83.5 cm³/mol. The second-order valence-electron chi connectivity index (χ2n) is 4.58. The lowest BCUT2D eigenvalue weighted by molar-refractivity contribution is -0.153. The zero-order chi connectivity index (χ0) is 15.8. The van der Waals surface area contributed by atoms with Gasteiger partial charge in [0.1, 0.15) is 11.6 Å².